The summed E-state index contributed by atoms with van der Waals surface area (Å²) >= 11 is 3.54. The summed E-state index contributed by atoms with van der Waals surface area (Å²) in [4.78, 5) is 2.42. The van der Waals surface area contributed by atoms with E-state index in [9.17, 15) is 0 Å². The van der Waals surface area contributed by atoms with Crippen molar-refractivity contribution >= 4 is 21.6 Å². The molecule has 0 radical (unpaired) electrons. The van der Waals surface area contributed by atoms with E-state index in [0.29, 0.717) is 6.04 Å². The minimum atomic E-state index is 0.225. The number of aryl methyl sites for hydroxylation is 1. The van der Waals surface area contributed by atoms with Crippen LogP contribution >= 0.6 is 15.9 Å². The number of anilines is 1. The zero-order chi connectivity index (χ0) is 10.4. The summed E-state index contributed by atoms with van der Waals surface area (Å²) in [6, 6.07) is 7.25. The van der Waals surface area contributed by atoms with Crippen LogP contribution in [0.5, 0.6) is 0 Å². The van der Waals surface area contributed by atoms with E-state index in [1.807, 2.05) is 0 Å². The molecule has 3 heteroatoms. The molecule has 3 rings (SSSR count). The molecule has 2 nitrogen and oxygen atoms in total. The minimum absolute atomic E-state index is 0.225. The molecule has 0 bridgehead atoms. The lowest BCUT2D eigenvalue weighted by molar-refractivity contribution is 0.565. The molecule has 1 saturated heterocycles. The molecule has 1 fully saturated rings. The highest BCUT2D eigenvalue weighted by Gasteiger charge is 2.35. The molecule has 2 aliphatic rings. The molecule has 0 saturated carbocycles. The number of nitrogens with zero attached hydrogens (tertiary/aromatic N) is 1. The summed E-state index contributed by atoms with van der Waals surface area (Å²) in [5.74, 6) is 0. The van der Waals surface area contributed by atoms with Crippen molar-refractivity contribution in [1.29, 1.82) is 0 Å². The Morgan fingerprint density at radius 1 is 1.27 bits per heavy atom. The average Bonchev–Trinajstić information content (AvgIpc) is 2.60. The number of benzene rings is 1. The van der Waals surface area contributed by atoms with Gasteiger partial charge in [0.05, 0.1) is 6.17 Å². The average molecular weight is 267 g/mol. The van der Waals surface area contributed by atoms with Gasteiger partial charge in [0.1, 0.15) is 0 Å². The van der Waals surface area contributed by atoms with Crippen LogP contribution in [0.4, 0.5) is 5.69 Å². The molecule has 0 spiro atoms. The molecule has 80 valence electrons. The molecule has 2 unspecified atom stereocenters. The third kappa shape index (κ3) is 1.49. The van der Waals surface area contributed by atoms with Crippen molar-refractivity contribution in [3.63, 3.8) is 0 Å². The third-order valence-electron chi connectivity index (χ3n) is 3.62. The van der Waals surface area contributed by atoms with Crippen LogP contribution in [0.3, 0.4) is 0 Å². The molecule has 1 aromatic carbocycles. The van der Waals surface area contributed by atoms with Crippen LogP contribution < -0.4 is 10.6 Å². The molecule has 2 N–H and O–H groups in total. The van der Waals surface area contributed by atoms with Gasteiger partial charge in [-0.2, -0.15) is 0 Å². The lowest BCUT2D eigenvalue weighted by Gasteiger charge is -2.36. The second-order valence-corrected chi connectivity index (χ2v) is 5.43. The van der Waals surface area contributed by atoms with Gasteiger partial charge >= 0.3 is 0 Å². The van der Waals surface area contributed by atoms with Crippen molar-refractivity contribution in [2.45, 2.75) is 37.9 Å². The maximum Gasteiger partial charge on any atom is 0.0774 e. The van der Waals surface area contributed by atoms with Crippen molar-refractivity contribution in [2.24, 2.45) is 5.73 Å². The van der Waals surface area contributed by atoms with Crippen molar-refractivity contribution in [2.75, 3.05) is 4.90 Å². The Bertz CT molecular complexity index is 391. The molecule has 2 aliphatic heterocycles. The summed E-state index contributed by atoms with van der Waals surface area (Å²) in [5.41, 5.74) is 8.97. The smallest absolute Gasteiger partial charge is 0.0774 e. The number of nitrogens with two attached hydrogens (primary N) is 1. The molecule has 1 aromatic rings. The molecule has 0 amide bonds. The normalized spacial score (nSPS) is 28.8. The lowest BCUT2D eigenvalue weighted by atomic mass is 9.97. The number of hydrogen-bond acceptors (Lipinski definition) is 2. The second kappa shape index (κ2) is 3.49. The lowest BCUT2D eigenvalue weighted by Crippen LogP contribution is -2.44. The first-order valence-electron chi connectivity index (χ1n) is 5.58. The van der Waals surface area contributed by atoms with E-state index in [-0.39, 0.29) is 6.17 Å². The number of hydrogen-bond donors (Lipinski definition) is 1. The molecular weight excluding hydrogens is 252 g/mol. The SMILES string of the molecule is NC1CCC2CCc3ccc(Br)cc3N12. The van der Waals surface area contributed by atoms with E-state index in [2.05, 4.69) is 39.0 Å². The van der Waals surface area contributed by atoms with E-state index < -0.39 is 0 Å². The maximum atomic E-state index is 6.16. The van der Waals surface area contributed by atoms with Crippen LogP contribution in [0.15, 0.2) is 22.7 Å². The van der Waals surface area contributed by atoms with Gasteiger partial charge in [0.25, 0.3) is 0 Å². The van der Waals surface area contributed by atoms with E-state index in [1.54, 1.807) is 0 Å². The molecule has 2 heterocycles. The zero-order valence-corrected chi connectivity index (χ0v) is 10.2. The Balaban J connectivity index is 2.08. The predicted molar refractivity (Wildman–Crippen MR) is 65.9 cm³/mol. The van der Waals surface area contributed by atoms with Gasteiger partial charge in [-0.25, -0.2) is 0 Å². The summed E-state index contributed by atoms with van der Waals surface area (Å²) < 4.78 is 1.15. The van der Waals surface area contributed by atoms with Crippen LogP contribution in [0.25, 0.3) is 0 Å². The highest BCUT2D eigenvalue weighted by atomic mass is 79.9. The van der Waals surface area contributed by atoms with Crippen molar-refractivity contribution in [1.82, 2.24) is 0 Å². The van der Waals surface area contributed by atoms with Gasteiger partial charge in [-0.15, -0.1) is 0 Å². The Morgan fingerprint density at radius 3 is 3.00 bits per heavy atom. The quantitative estimate of drug-likeness (QED) is 0.783. The van der Waals surface area contributed by atoms with Crippen molar-refractivity contribution in [3.8, 4) is 0 Å². The Labute approximate surface area is 98.6 Å². The van der Waals surface area contributed by atoms with E-state index in [0.717, 1.165) is 10.9 Å². The summed E-state index contributed by atoms with van der Waals surface area (Å²) in [6.45, 7) is 0. The molecule has 15 heavy (non-hydrogen) atoms. The second-order valence-electron chi connectivity index (χ2n) is 4.52. The zero-order valence-electron chi connectivity index (χ0n) is 8.62. The molecule has 2 atom stereocenters. The number of halogens is 1. The standard InChI is InChI=1S/C12H15BrN2/c13-9-3-1-8-2-4-10-5-6-12(14)15(10)11(8)7-9/h1,3,7,10,12H,2,4-6,14H2. The predicted octanol–water partition coefficient (Wildman–Crippen LogP) is 2.65. The third-order valence-corrected chi connectivity index (χ3v) is 4.11. The van der Waals surface area contributed by atoms with E-state index in [4.69, 9.17) is 5.73 Å². The first-order valence-corrected chi connectivity index (χ1v) is 6.37. The van der Waals surface area contributed by atoms with Gasteiger partial charge in [0.15, 0.2) is 0 Å². The van der Waals surface area contributed by atoms with Gasteiger partial charge in [0.2, 0.25) is 0 Å². The summed E-state index contributed by atoms with van der Waals surface area (Å²) in [6.07, 6.45) is 5.09. The van der Waals surface area contributed by atoms with Gasteiger partial charge in [-0.3, -0.25) is 0 Å². The highest BCUT2D eigenvalue weighted by molar-refractivity contribution is 9.10. The Kier molecular flexibility index (Phi) is 2.25. The van der Waals surface area contributed by atoms with Crippen molar-refractivity contribution < 1.29 is 0 Å². The topological polar surface area (TPSA) is 29.3 Å². The fourth-order valence-corrected chi connectivity index (χ4v) is 3.23. The summed E-state index contributed by atoms with van der Waals surface area (Å²) in [7, 11) is 0. The van der Waals surface area contributed by atoms with Crippen LogP contribution in [0.2, 0.25) is 0 Å². The van der Waals surface area contributed by atoms with Crippen LogP contribution in [0.1, 0.15) is 24.8 Å². The first kappa shape index (κ1) is 9.67. The minimum Gasteiger partial charge on any atom is -0.353 e. The Morgan fingerprint density at radius 2 is 2.13 bits per heavy atom. The maximum absolute atomic E-state index is 6.16. The fraction of sp³-hybridized carbons (Fsp3) is 0.500. The van der Waals surface area contributed by atoms with Gasteiger partial charge in [-0.1, -0.05) is 22.0 Å². The van der Waals surface area contributed by atoms with Gasteiger partial charge in [-0.05, 0) is 43.4 Å². The van der Waals surface area contributed by atoms with Crippen LogP contribution in [-0.4, -0.2) is 12.2 Å². The van der Waals surface area contributed by atoms with E-state index in [1.165, 1.54) is 30.5 Å². The van der Waals surface area contributed by atoms with Crippen molar-refractivity contribution in [3.05, 3.63) is 28.2 Å². The molecular formula is C12H15BrN2. The van der Waals surface area contributed by atoms with Crippen LogP contribution in [0, 0.1) is 0 Å². The Hall–Kier alpha value is -0.540. The molecule has 0 aliphatic carbocycles. The van der Waals surface area contributed by atoms with Crippen LogP contribution in [-0.2, 0) is 6.42 Å². The van der Waals surface area contributed by atoms with E-state index >= 15 is 0 Å². The first-order chi connectivity index (χ1) is 7.25. The summed E-state index contributed by atoms with van der Waals surface area (Å²) in [5, 5.41) is 0. The number of rotatable bonds is 0. The van der Waals surface area contributed by atoms with Gasteiger partial charge < -0.3 is 10.6 Å². The largest absolute Gasteiger partial charge is 0.353 e. The molecule has 0 aromatic heterocycles. The number of fused-ring (bicyclic) bond motifs is 3. The van der Waals surface area contributed by atoms with Gasteiger partial charge in [0, 0.05) is 16.2 Å². The fourth-order valence-electron chi connectivity index (χ4n) is 2.88. The highest BCUT2D eigenvalue weighted by Crippen LogP contribution is 2.39. The monoisotopic (exact) mass is 266 g/mol.